The molecule has 3 rings (SSSR count). The maximum Gasteiger partial charge on any atom is 0.412 e. The van der Waals surface area contributed by atoms with Crippen LogP contribution < -0.4 is 5.32 Å². The van der Waals surface area contributed by atoms with E-state index in [1.807, 2.05) is 50.2 Å². The summed E-state index contributed by atoms with van der Waals surface area (Å²) in [7, 11) is 0. The predicted molar refractivity (Wildman–Crippen MR) is 99.8 cm³/mol. The van der Waals surface area contributed by atoms with Gasteiger partial charge >= 0.3 is 6.09 Å². The van der Waals surface area contributed by atoms with Gasteiger partial charge in [0.05, 0.1) is 11.9 Å². The Kier molecular flexibility index (Phi) is 5.66. The van der Waals surface area contributed by atoms with Gasteiger partial charge in [0.25, 0.3) is 0 Å². The molecule has 0 saturated heterocycles. The predicted octanol–water partition coefficient (Wildman–Crippen LogP) is 4.55. The molecule has 1 aromatic heterocycles. The summed E-state index contributed by atoms with van der Waals surface area (Å²) >= 11 is 0. The fraction of sp³-hybridized carbons (Fsp3) is 0.381. The molecular weight excluding hydrogens is 328 g/mol. The number of hydrogen-bond donors (Lipinski definition) is 1. The van der Waals surface area contributed by atoms with E-state index in [1.165, 1.54) is 0 Å². The Labute approximate surface area is 153 Å². The van der Waals surface area contributed by atoms with Crippen LogP contribution in [-0.4, -0.2) is 16.9 Å². The van der Waals surface area contributed by atoms with Crippen LogP contribution in [0.3, 0.4) is 0 Å². The SMILES string of the molecule is C[C@@H]1C[C@H](c2ccncc2NC(=O)OCc2ccccc2)C[C@H](C)C1=O. The monoisotopic (exact) mass is 352 g/mol. The highest BCUT2D eigenvalue weighted by Crippen LogP contribution is 2.39. The van der Waals surface area contributed by atoms with Crippen molar-refractivity contribution in [2.75, 3.05) is 5.32 Å². The van der Waals surface area contributed by atoms with Crippen molar-refractivity contribution in [3.8, 4) is 0 Å². The molecule has 1 fully saturated rings. The number of pyridine rings is 1. The summed E-state index contributed by atoms with van der Waals surface area (Å²) in [6.45, 7) is 4.18. The Morgan fingerprint density at radius 1 is 1.15 bits per heavy atom. The summed E-state index contributed by atoms with van der Waals surface area (Å²) in [5.41, 5.74) is 2.61. The van der Waals surface area contributed by atoms with E-state index in [9.17, 15) is 9.59 Å². The molecule has 0 radical (unpaired) electrons. The number of benzene rings is 1. The van der Waals surface area contributed by atoms with Gasteiger partial charge < -0.3 is 4.74 Å². The second-order valence-corrected chi connectivity index (χ2v) is 7.02. The Bertz CT molecular complexity index is 762. The van der Waals surface area contributed by atoms with Gasteiger partial charge in [0, 0.05) is 18.0 Å². The number of Topliss-reactive ketones (excluding diaryl/α,β-unsaturated/α-hetero) is 1. The van der Waals surface area contributed by atoms with E-state index in [0.717, 1.165) is 24.0 Å². The van der Waals surface area contributed by atoms with Gasteiger partial charge in [-0.3, -0.25) is 15.1 Å². The van der Waals surface area contributed by atoms with E-state index in [2.05, 4.69) is 10.3 Å². The summed E-state index contributed by atoms with van der Waals surface area (Å²) in [4.78, 5) is 28.4. The standard InChI is InChI=1S/C21H24N2O3/c1-14-10-17(11-15(2)20(14)24)18-8-9-22-12-19(18)23-21(25)26-13-16-6-4-3-5-7-16/h3-9,12,14-15,17H,10-11,13H2,1-2H3,(H,23,25)/t14-,15+,17+. The Hall–Kier alpha value is -2.69. The summed E-state index contributed by atoms with van der Waals surface area (Å²) < 4.78 is 5.30. The first-order valence-corrected chi connectivity index (χ1v) is 9.00. The molecule has 1 N–H and O–H groups in total. The molecule has 26 heavy (non-hydrogen) atoms. The number of aromatic nitrogens is 1. The number of ether oxygens (including phenoxy) is 1. The van der Waals surface area contributed by atoms with Gasteiger partial charge in [-0.1, -0.05) is 44.2 Å². The van der Waals surface area contributed by atoms with Crippen LogP contribution in [0.25, 0.3) is 0 Å². The summed E-state index contributed by atoms with van der Waals surface area (Å²) in [6, 6.07) is 11.5. The molecule has 0 spiro atoms. The smallest absolute Gasteiger partial charge is 0.412 e. The average Bonchev–Trinajstić information content (AvgIpc) is 2.65. The van der Waals surface area contributed by atoms with Crippen LogP contribution in [0, 0.1) is 11.8 Å². The van der Waals surface area contributed by atoms with E-state index >= 15 is 0 Å². The fourth-order valence-electron chi connectivity index (χ4n) is 3.66. The van der Waals surface area contributed by atoms with Crippen molar-refractivity contribution in [3.63, 3.8) is 0 Å². The molecule has 1 aromatic carbocycles. The number of nitrogens with one attached hydrogen (secondary N) is 1. The van der Waals surface area contributed by atoms with Crippen molar-refractivity contribution in [2.24, 2.45) is 11.8 Å². The third-order valence-corrected chi connectivity index (χ3v) is 4.99. The molecule has 136 valence electrons. The summed E-state index contributed by atoms with van der Waals surface area (Å²) in [5, 5.41) is 2.81. The third-order valence-electron chi connectivity index (χ3n) is 4.99. The van der Waals surface area contributed by atoms with Gasteiger partial charge in [-0.05, 0) is 36.0 Å². The molecule has 1 saturated carbocycles. The number of amides is 1. The minimum absolute atomic E-state index is 0.0368. The molecular formula is C21H24N2O3. The van der Waals surface area contributed by atoms with E-state index in [4.69, 9.17) is 4.74 Å². The van der Waals surface area contributed by atoms with Crippen LogP contribution >= 0.6 is 0 Å². The number of rotatable bonds is 4. The van der Waals surface area contributed by atoms with E-state index in [-0.39, 0.29) is 24.4 Å². The minimum atomic E-state index is -0.504. The van der Waals surface area contributed by atoms with Gasteiger partial charge in [-0.2, -0.15) is 0 Å². The third kappa shape index (κ3) is 4.28. The lowest BCUT2D eigenvalue weighted by atomic mass is 9.73. The zero-order chi connectivity index (χ0) is 18.5. The number of carbonyl (C=O) groups excluding carboxylic acids is 2. The minimum Gasteiger partial charge on any atom is -0.444 e. The quantitative estimate of drug-likeness (QED) is 0.876. The van der Waals surface area contributed by atoms with Gasteiger partial charge in [-0.15, -0.1) is 0 Å². The highest BCUT2D eigenvalue weighted by molar-refractivity contribution is 5.86. The highest BCUT2D eigenvalue weighted by atomic mass is 16.5. The molecule has 1 heterocycles. The first-order valence-electron chi connectivity index (χ1n) is 9.00. The summed E-state index contributed by atoms with van der Waals surface area (Å²) in [5.74, 6) is 0.627. The lowest BCUT2D eigenvalue weighted by molar-refractivity contribution is -0.128. The van der Waals surface area contributed by atoms with E-state index < -0.39 is 6.09 Å². The van der Waals surface area contributed by atoms with Crippen molar-refractivity contribution in [1.29, 1.82) is 0 Å². The van der Waals surface area contributed by atoms with Gasteiger partial charge in [0.1, 0.15) is 12.4 Å². The Morgan fingerprint density at radius 2 is 1.85 bits per heavy atom. The van der Waals surface area contributed by atoms with Crippen LogP contribution in [-0.2, 0) is 16.1 Å². The molecule has 5 nitrogen and oxygen atoms in total. The Morgan fingerprint density at radius 3 is 2.54 bits per heavy atom. The molecule has 1 aliphatic rings. The average molecular weight is 352 g/mol. The molecule has 0 unspecified atom stereocenters. The number of carbonyl (C=O) groups is 2. The number of nitrogens with zero attached hydrogens (tertiary/aromatic N) is 1. The lowest BCUT2D eigenvalue weighted by Gasteiger charge is -2.31. The molecule has 5 heteroatoms. The van der Waals surface area contributed by atoms with Crippen molar-refractivity contribution in [3.05, 3.63) is 59.9 Å². The molecule has 2 aromatic rings. The second-order valence-electron chi connectivity index (χ2n) is 7.02. The first kappa shape index (κ1) is 18.1. The van der Waals surface area contributed by atoms with Crippen LogP contribution in [0.2, 0.25) is 0 Å². The van der Waals surface area contributed by atoms with Crippen molar-refractivity contribution in [2.45, 2.75) is 39.2 Å². The molecule has 1 aliphatic carbocycles. The van der Waals surface area contributed by atoms with Crippen LogP contribution in [0.5, 0.6) is 0 Å². The van der Waals surface area contributed by atoms with Crippen LogP contribution in [0.4, 0.5) is 10.5 Å². The lowest BCUT2D eigenvalue weighted by Crippen LogP contribution is -2.29. The van der Waals surface area contributed by atoms with Gasteiger partial charge in [0.15, 0.2) is 0 Å². The van der Waals surface area contributed by atoms with Crippen molar-refractivity contribution >= 4 is 17.6 Å². The highest BCUT2D eigenvalue weighted by Gasteiger charge is 2.33. The second kappa shape index (κ2) is 8.13. The molecule has 0 aliphatic heterocycles. The fourth-order valence-corrected chi connectivity index (χ4v) is 3.66. The zero-order valence-electron chi connectivity index (χ0n) is 15.1. The maximum atomic E-state index is 12.2. The van der Waals surface area contributed by atoms with Crippen molar-refractivity contribution in [1.82, 2.24) is 4.98 Å². The van der Waals surface area contributed by atoms with Crippen LogP contribution in [0.1, 0.15) is 43.7 Å². The first-order chi connectivity index (χ1) is 12.5. The van der Waals surface area contributed by atoms with Crippen molar-refractivity contribution < 1.29 is 14.3 Å². The molecule has 0 bridgehead atoms. The number of ketones is 1. The van der Waals surface area contributed by atoms with E-state index in [0.29, 0.717) is 11.5 Å². The maximum absolute atomic E-state index is 12.2. The van der Waals surface area contributed by atoms with E-state index in [1.54, 1.807) is 12.4 Å². The molecule has 3 atom stereocenters. The molecule has 1 amide bonds. The number of anilines is 1. The van der Waals surface area contributed by atoms with Crippen LogP contribution in [0.15, 0.2) is 48.8 Å². The Balaban J connectivity index is 1.67. The zero-order valence-corrected chi connectivity index (χ0v) is 15.1. The topological polar surface area (TPSA) is 68.3 Å². The van der Waals surface area contributed by atoms with Gasteiger partial charge in [0.2, 0.25) is 0 Å². The van der Waals surface area contributed by atoms with Gasteiger partial charge in [-0.25, -0.2) is 4.79 Å². The summed E-state index contributed by atoms with van der Waals surface area (Å²) in [6.07, 6.45) is 4.45. The largest absolute Gasteiger partial charge is 0.444 e. The number of hydrogen-bond acceptors (Lipinski definition) is 4. The normalized spacial score (nSPS) is 22.7.